The molecule has 0 spiro atoms. The van der Waals surface area contributed by atoms with E-state index in [1.54, 1.807) is 45.5 Å². The zero-order valence-electron chi connectivity index (χ0n) is 18.5. The van der Waals surface area contributed by atoms with Gasteiger partial charge in [-0.1, -0.05) is 11.2 Å². The summed E-state index contributed by atoms with van der Waals surface area (Å²) in [6.45, 7) is 0.980. The van der Waals surface area contributed by atoms with Gasteiger partial charge in [0.15, 0.2) is 28.8 Å². The number of hydrogen-bond acceptors (Lipinski definition) is 8. The first-order valence-electron chi connectivity index (χ1n) is 10.1. The normalized spacial score (nSPS) is 15.7. The number of carbonyl (C=O) groups excluding carboxylic acids is 1. The highest BCUT2D eigenvalue weighted by Gasteiger charge is 2.34. The molecule has 1 fully saturated rings. The van der Waals surface area contributed by atoms with Crippen LogP contribution in [-0.4, -0.2) is 55.9 Å². The van der Waals surface area contributed by atoms with Crippen molar-refractivity contribution in [3.05, 3.63) is 47.8 Å². The minimum atomic E-state index is -0.139. The average molecular weight is 439 g/mol. The van der Waals surface area contributed by atoms with Crippen molar-refractivity contribution < 1.29 is 28.3 Å². The van der Waals surface area contributed by atoms with Gasteiger partial charge >= 0.3 is 0 Å². The molecule has 9 heteroatoms. The number of amides is 1. The summed E-state index contributed by atoms with van der Waals surface area (Å²) in [4.78, 5) is 18.9. The molecule has 32 heavy (non-hydrogen) atoms. The molecule has 0 N–H and O–H groups in total. The maximum Gasteiger partial charge on any atom is 0.258 e. The Hall–Kier alpha value is -3.75. The number of carbonyl (C=O) groups is 1. The Morgan fingerprint density at radius 3 is 2.28 bits per heavy atom. The number of nitrogens with zero attached hydrogens (tertiary/aromatic N) is 3. The molecular formula is C23H25N3O6. The van der Waals surface area contributed by atoms with Gasteiger partial charge in [0.25, 0.3) is 5.89 Å². The summed E-state index contributed by atoms with van der Waals surface area (Å²) in [5, 5.41) is 4.13. The zero-order chi connectivity index (χ0) is 22.7. The number of aromatic nitrogens is 2. The predicted molar refractivity (Wildman–Crippen MR) is 115 cm³/mol. The Bertz CT molecular complexity index is 1110. The highest BCUT2D eigenvalue weighted by Crippen LogP contribution is 2.34. The fraction of sp³-hybridized carbons (Fsp3) is 0.348. The van der Waals surface area contributed by atoms with Crippen LogP contribution in [0.1, 0.15) is 23.7 Å². The molecular weight excluding hydrogens is 414 g/mol. The van der Waals surface area contributed by atoms with Crippen LogP contribution in [0.2, 0.25) is 0 Å². The Balaban J connectivity index is 1.48. The third-order valence-corrected chi connectivity index (χ3v) is 5.47. The lowest BCUT2D eigenvalue weighted by molar-refractivity contribution is -0.128. The van der Waals surface area contributed by atoms with Crippen molar-refractivity contribution in [2.24, 2.45) is 0 Å². The van der Waals surface area contributed by atoms with Crippen LogP contribution in [-0.2, 0) is 11.3 Å². The van der Waals surface area contributed by atoms with Gasteiger partial charge in [0.1, 0.15) is 0 Å². The largest absolute Gasteiger partial charge is 0.493 e. The highest BCUT2D eigenvalue weighted by atomic mass is 16.5. The van der Waals surface area contributed by atoms with E-state index < -0.39 is 0 Å². The minimum Gasteiger partial charge on any atom is -0.493 e. The van der Waals surface area contributed by atoms with E-state index >= 15 is 0 Å². The molecule has 0 radical (unpaired) electrons. The molecule has 1 atom stereocenters. The van der Waals surface area contributed by atoms with Gasteiger partial charge in [0, 0.05) is 31.0 Å². The maximum absolute atomic E-state index is 12.6. The summed E-state index contributed by atoms with van der Waals surface area (Å²) in [6.07, 6.45) is 0.332. The maximum atomic E-state index is 12.6. The topological polar surface area (TPSA) is 96.2 Å². The van der Waals surface area contributed by atoms with E-state index in [1.807, 2.05) is 24.3 Å². The molecule has 1 aliphatic heterocycles. The first-order chi connectivity index (χ1) is 15.6. The second-order valence-electron chi connectivity index (χ2n) is 7.39. The smallest absolute Gasteiger partial charge is 0.258 e. The summed E-state index contributed by atoms with van der Waals surface area (Å²) in [5.41, 5.74) is 1.67. The lowest BCUT2D eigenvalue weighted by atomic mass is 10.1. The van der Waals surface area contributed by atoms with Gasteiger partial charge in [0.2, 0.25) is 5.91 Å². The number of likely N-dealkylation sites (tertiary alicyclic amines) is 1. The van der Waals surface area contributed by atoms with Crippen LogP contribution < -0.4 is 18.9 Å². The lowest BCUT2D eigenvalue weighted by Gasteiger charge is -2.17. The molecule has 1 aromatic heterocycles. The molecule has 1 saturated heterocycles. The van der Waals surface area contributed by atoms with Gasteiger partial charge in [-0.25, -0.2) is 0 Å². The molecule has 1 unspecified atom stereocenters. The molecule has 1 aliphatic rings. The summed E-state index contributed by atoms with van der Waals surface area (Å²) >= 11 is 0. The summed E-state index contributed by atoms with van der Waals surface area (Å²) < 4.78 is 26.7. The second kappa shape index (κ2) is 9.17. The van der Waals surface area contributed by atoms with Crippen molar-refractivity contribution in [3.8, 4) is 34.5 Å². The predicted octanol–water partition coefficient (Wildman–Crippen LogP) is 3.29. The van der Waals surface area contributed by atoms with Crippen LogP contribution in [0.4, 0.5) is 0 Å². The number of methoxy groups -OCH3 is 4. The molecule has 2 aromatic carbocycles. The van der Waals surface area contributed by atoms with Gasteiger partial charge in [0.05, 0.1) is 28.4 Å². The van der Waals surface area contributed by atoms with Crippen molar-refractivity contribution in [1.29, 1.82) is 0 Å². The first kappa shape index (κ1) is 21.5. The van der Waals surface area contributed by atoms with Crippen LogP contribution >= 0.6 is 0 Å². The molecule has 168 valence electrons. The standard InChI is InChI=1S/C23H25N3O6/c1-28-17-7-5-14(9-19(17)30-3)12-26-13-16(11-21(26)27)22-24-23(32-25-22)15-6-8-18(29-2)20(10-15)31-4/h5-10,16H,11-13H2,1-4H3. The fourth-order valence-electron chi connectivity index (χ4n) is 3.78. The third kappa shape index (κ3) is 4.18. The quantitative estimate of drug-likeness (QED) is 0.528. The Morgan fingerprint density at radius 2 is 1.59 bits per heavy atom. The van der Waals surface area contributed by atoms with Crippen molar-refractivity contribution in [2.45, 2.75) is 18.9 Å². The van der Waals surface area contributed by atoms with Crippen molar-refractivity contribution in [2.75, 3.05) is 35.0 Å². The highest BCUT2D eigenvalue weighted by molar-refractivity contribution is 5.79. The molecule has 2 heterocycles. The van der Waals surface area contributed by atoms with Crippen molar-refractivity contribution in [1.82, 2.24) is 15.0 Å². The average Bonchev–Trinajstić information content (AvgIpc) is 3.45. The van der Waals surface area contributed by atoms with Crippen LogP contribution in [0, 0.1) is 0 Å². The minimum absolute atomic E-state index is 0.0438. The fourth-order valence-corrected chi connectivity index (χ4v) is 3.78. The van der Waals surface area contributed by atoms with Crippen LogP contribution in [0.25, 0.3) is 11.5 Å². The monoisotopic (exact) mass is 439 g/mol. The summed E-state index contributed by atoms with van der Waals surface area (Å²) in [6, 6.07) is 11.0. The Labute approximate surface area is 185 Å². The number of ether oxygens (including phenoxy) is 4. The molecule has 9 nitrogen and oxygen atoms in total. The van der Waals surface area contributed by atoms with Crippen molar-refractivity contribution >= 4 is 5.91 Å². The van der Waals surface area contributed by atoms with Gasteiger partial charge < -0.3 is 28.4 Å². The number of hydrogen-bond donors (Lipinski definition) is 0. The summed E-state index contributed by atoms with van der Waals surface area (Å²) in [5.74, 6) is 3.25. The SMILES string of the molecule is COc1ccc(CN2CC(c3noc(-c4ccc(OC)c(OC)c4)n3)CC2=O)cc1OC. The van der Waals surface area contributed by atoms with E-state index in [0.717, 1.165) is 5.56 Å². The second-order valence-corrected chi connectivity index (χ2v) is 7.39. The number of benzene rings is 2. The van der Waals surface area contributed by atoms with Gasteiger partial charge in [-0.3, -0.25) is 4.79 Å². The van der Waals surface area contributed by atoms with E-state index in [0.29, 0.717) is 59.8 Å². The van der Waals surface area contributed by atoms with Crippen LogP contribution in [0.5, 0.6) is 23.0 Å². The van der Waals surface area contributed by atoms with Crippen molar-refractivity contribution in [3.63, 3.8) is 0 Å². The van der Waals surface area contributed by atoms with Gasteiger partial charge in [-0.2, -0.15) is 4.98 Å². The third-order valence-electron chi connectivity index (χ3n) is 5.47. The van der Waals surface area contributed by atoms with E-state index in [2.05, 4.69) is 10.1 Å². The Kier molecular flexibility index (Phi) is 6.16. The zero-order valence-corrected chi connectivity index (χ0v) is 18.5. The molecule has 0 aliphatic carbocycles. The molecule has 3 aromatic rings. The van der Waals surface area contributed by atoms with Crippen LogP contribution in [0.15, 0.2) is 40.9 Å². The van der Waals surface area contributed by atoms with E-state index in [-0.39, 0.29) is 11.8 Å². The molecule has 0 saturated carbocycles. The first-order valence-corrected chi connectivity index (χ1v) is 10.1. The van der Waals surface area contributed by atoms with E-state index in [4.69, 9.17) is 23.5 Å². The Morgan fingerprint density at radius 1 is 0.938 bits per heavy atom. The van der Waals surface area contributed by atoms with Crippen LogP contribution in [0.3, 0.4) is 0 Å². The summed E-state index contributed by atoms with van der Waals surface area (Å²) in [7, 11) is 6.32. The number of rotatable bonds is 8. The molecule has 4 rings (SSSR count). The lowest BCUT2D eigenvalue weighted by Crippen LogP contribution is -2.24. The van der Waals surface area contributed by atoms with E-state index in [1.165, 1.54) is 0 Å². The van der Waals surface area contributed by atoms with E-state index in [9.17, 15) is 4.79 Å². The van der Waals surface area contributed by atoms with Gasteiger partial charge in [-0.15, -0.1) is 0 Å². The molecule has 1 amide bonds. The molecule has 0 bridgehead atoms. The van der Waals surface area contributed by atoms with Gasteiger partial charge in [-0.05, 0) is 35.9 Å².